The summed E-state index contributed by atoms with van der Waals surface area (Å²) in [6, 6.07) is 81.3. The largest absolute Gasteiger partial charge is 0.332 e. The molecule has 2 aromatic heterocycles. The molecule has 69 heavy (non-hydrogen) atoms. The number of hydrogen-bond donors (Lipinski definition) is 0. The van der Waals surface area contributed by atoms with E-state index in [1.54, 1.807) is 0 Å². The predicted octanol–water partition coefficient (Wildman–Crippen LogP) is 15.1. The zero-order chi connectivity index (χ0) is 45.5. The van der Waals surface area contributed by atoms with Gasteiger partial charge in [-0.15, -0.1) is 0 Å². The van der Waals surface area contributed by atoms with Crippen molar-refractivity contribution in [2.45, 2.75) is 17.4 Å². The Bertz CT molecular complexity index is 3780. The highest BCUT2D eigenvalue weighted by Crippen LogP contribution is 2.58. The number of fused-ring (bicyclic) bond motifs is 10. The average Bonchev–Trinajstić information content (AvgIpc) is 4.06. The van der Waals surface area contributed by atoms with Crippen LogP contribution in [0.4, 0.5) is 11.4 Å². The highest BCUT2D eigenvalue weighted by molar-refractivity contribution is 6.15. The lowest BCUT2D eigenvalue weighted by molar-refractivity contribution is 0.745. The number of hydrogen-bond acceptors (Lipinski definition) is 4. The Morgan fingerprint density at radius 2 is 0.971 bits per heavy atom. The fourth-order valence-corrected chi connectivity index (χ4v) is 11.7. The molecule has 0 saturated heterocycles. The first-order chi connectivity index (χ1) is 34.2. The molecule has 0 saturated carbocycles. The third-order valence-corrected chi connectivity index (χ3v) is 14.6. The minimum Gasteiger partial charge on any atom is -0.332 e. The van der Waals surface area contributed by atoms with Crippen molar-refractivity contribution in [3.63, 3.8) is 0 Å². The Morgan fingerprint density at radius 3 is 1.68 bits per heavy atom. The first-order valence-corrected chi connectivity index (χ1v) is 23.8. The first-order valence-electron chi connectivity index (χ1n) is 23.8. The van der Waals surface area contributed by atoms with Crippen LogP contribution in [0.15, 0.2) is 249 Å². The van der Waals surface area contributed by atoms with Crippen LogP contribution in [-0.4, -0.2) is 25.6 Å². The second kappa shape index (κ2) is 15.6. The standard InChI is InChI=1S/C64H43N5/c1-5-19-42(20-6-1)61-65-62(43-21-7-2-8-22-43)67-63(66-61)44-33-35-46(36-34-44)64(45-23-9-3-10-24-45)55-30-16-13-27-49(55)50-38-37-48(41-56(50)64)69-58-32-18-15-29-52(58)54-40-39-53-51-28-14-17-31-57(51)68(59(53)60(54)69)47-25-11-4-12-26-47/h1-41,51,57H. The molecule has 14 rings (SSSR count). The van der Waals surface area contributed by atoms with E-state index in [0.29, 0.717) is 17.5 Å². The molecular formula is C64H43N5. The number of nitrogens with zero attached hydrogens (tertiary/aromatic N) is 5. The molecule has 0 spiro atoms. The van der Waals surface area contributed by atoms with Gasteiger partial charge in [0, 0.05) is 44.8 Å². The smallest absolute Gasteiger partial charge is 0.164 e. The van der Waals surface area contributed by atoms with E-state index in [2.05, 4.69) is 222 Å². The molecular weight excluding hydrogens is 839 g/mol. The van der Waals surface area contributed by atoms with Gasteiger partial charge in [0.25, 0.3) is 0 Å². The van der Waals surface area contributed by atoms with E-state index in [-0.39, 0.29) is 12.0 Å². The van der Waals surface area contributed by atoms with E-state index < -0.39 is 5.41 Å². The third kappa shape index (κ3) is 5.93. The van der Waals surface area contributed by atoms with Gasteiger partial charge in [-0.25, -0.2) is 15.0 Å². The topological polar surface area (TPSA) is 46.8 Å². The molecule has 324 valence electrons. The summed E-state index contributed by atoms with van der Waals surface area (Å²) in [7, 11) is 0. The number of rotatable bonds is 7. The van der Waals surface area contributed by atoms with Crippen LogP contribution in [0, 0.1) is 0 Å². The Morgan fingerprint density at radius 1 is 0.406 bits per heavy atom. The third-order valence-electron chi connectivity index (χ3n) is 14.6. The maximum absolute atomic E-state index is 5.10. The lowest BCUT2D eigenvalue weighted by atomic mass is 9.67. The van der Waals surface area contributed by atoms with Crippen molar-refractivity contribution in [1.82, 2.24) is 19.5 Å². The molecule has 0 N–H and O–H groups in total. The number of allylic oxidation sites excluding steroid dienone is 2. The first kappa shape index (κ1) is 39.3. The van der Waals surface area contributed by atoms with Crippen molar-refractivity contribution < 1.29 is 0 Å². The molecule has 3 unspecified atom stereocenters. The van der Waals surface area contributed by atoms with Gasteiger partial charge in [-0.3, -0.25) is 0 Å². The quantitative estimate of drug-likeness (QED) is 0.160. The van der Waals surface area contributed by atoms with E-state index in [0.717, 1.165) is 22.4 Å². The van der Waals surface area contributed by atoms with Crippen molar-refractivity contribution in [3.05, 3.63) is 277 Å². The zero-order valence-corrected chi connectivity index (χ0v) is 37.6. The predicted molar refractivity (Wildman–Crippen MR) is 281 cm³/mol. The molecule has 0 bridgehead atoms. The van der Waals surface area contributed by atoms with Gasteiger partial charge in [-0.05, 0) is 69.3 Å². The van der Waals surface area contributed by atoms with E-state index >= 15 is 0 Å². The van der Waals surface area contributed by atoms with Crippen LogP contribution in [-0.2, 0) is 5.41 Å². The van der Waals surface area contributed by atoms with Gasteiger partial charge >= 0.3 is 0 Å². The van der Waals surface area contributed by atoms with Crippen LogP contribution >= 0.6 is 0 Å². The summed E-state index contributed by atoms with van der Waals surface area (Å²) < 4.78 is 2.54. The minimum absolute atomic E-state index is 0.167. The second-order valence-electron chi connectivity index (χ2n) is 18.3. The molecule has 3 atom stereocenters. The fraction of sp³-hybridized carbons (Fsp3) is 0.0469. The SMILES string of the molecule is C1=CC2c3ccc4c5ccccc5n(-c5ccc6c(c5)C(c5ccccc5)(c5ccc(-c7nc(-c8ccccc8)nc(-c8ccccc8)n7)cc5)c5ccccc5-6)c4c3N(c3ccccc3)C2C=C1. The fourth-order valence-electron chi connectivity index (χ4n) is 11.7. The number of para-hydroxylation sites is 2. The maximum atomic E-state index is 5.10. The summed E-state index contributed by atoms with van der Waals surface area (Å²) in [6.07, 6.45) is 9.16. The molecule has 5 nitrogen and oxygen atoms in total. The highest BCUT2D eigenvalue weighted by Gasteiger charge is 2.47. The van der Waals surface area contributed by atoms with Crippen molar-refractivity contribution in [3.8, 4) is 51.0 Å². The average molecular weight is 882 g/mol. The molecule has 0 radical (unpaired) electrons. The van der Waals surface area contributed by atoms with Crippen LogP contribution in [0.2, 0.25) is 0 Å². The van der Waals surface area contributed by atoms with Gasteiger partial charge in [0.1, 0.15) is 0 Å². The Balaban J connectivity index is 0.996. The molecule has 11 aromatic rings. The van der Waals surface area contributed by atoms with Crippen molar-refractivity contribution >= 4 is 33.2 Å². The summed E-state index contributed by atoms with van der Waals surface area (Å²) in [5, 5.41) is 2.48. The van der Waals surface area contributed by atoms with Crippen molar-refractivity contribution in [2.75, 3.05) is 4.90 Å². The van der Waals surface area contributed by atoms with E-state index in [1.165, 1.54) is 72.1 Å². The van der Waals surface area contributed by atoms with Gasteiger partial charge < -0.3 is 9.47 Å². The van der Waals surface area contributed by atoms with Gasteiger partial charge in [0.2, 0.25) is 0 Å². The van der Waals surface area contributed by atoms with Crippen LogP contribution < -0.4 is 4.90 Å². The van der Waals surface area contributed by atoms with Crippen LogP contribution in [0.3, 0.4) is 0 Å². The summed E-state index contributed by atoms with van der Waals surface area (Å²) in [6.45, 7) is 0. The minimum atomic E-state index is -0.646. The van der Waals surface area contributed by atoms with Crippen LogP contribution in [0.25, 0.3) is 72.8 Å². The van der Waals surface area contributed by atoms with Crippen LogP contribution in [0.1, 0.15) is 33.7 Å². The van der Waals surface area contributed by atoms with Gasteiger partial charge in [0.15, 0.2) is 17.5 Å². The van der Waals surface area contributed by atoms with Gasteiger partial charge in [-0.1, -0.05) is 218 Å². The number of benzene rings is 9. The molecule has 9 aromatic carbocycles. The molecule has 1 aliphatic heterocycles. The summed E-state index contributed by atoms with van der Waals surface area (Å²) in [4.78, 5) is 17.8. The van der Waals surface area contributed by atoms with E-state index in [1.807, 2.05) is 36.4 Å². The lowest BCUT2D eigenvalue weighted by Gasteiger charge is -2.34. The number of aromatic nitrogens is 4. The van der Waals surface area contributed by atoms with Crippen molar-refractivity contribution in [2.24, 2.45) is 0 Å². The molecule has 0 fully saturated rings. The molecule has 0 amide bonds. The van der Waals surface area contributed by atoms with Crippen molar-refractivity contribution in [1.29, 1.82) is 0 Å². The van der Waals surface area contributed by atoms with Gasteiger partial charge in [-0.2, -0.15) is 0 Å². The Kier molecular flexibility index (Phi) is 8.86. The van der Waals surface area contributed by atoms with E-state index in [9.17, 15) is 0 Å². The molecule has 3 heterocycles. The normalized spacial score (nSPS) is 17.5. The second-order valence-corrected chi connectivity index (χ2v) is 18.3. The summed E-state index contributed by atoms with van der Waals surface area (Å²) >= 11 is 0. The highest BCUT2D eigenvalue weighted by atomic mass is 15.2. The summed E-state index contributed by atoms with van der Waals surface area (Å²) in [5.41, 5.74) is 16.9. The lowest BCUT2D eigenvalue weighted by Crippen LogP contribution is -2.29. The van der Waals surface area contributed by atoms with Crippen LogP contribution in [0.5, 0.6) is 0 Å². The number of anilines is 2. The van der Waals surface area contributed by atoms with Gasteiger partial charge in [0.05, 0.1) is 28.2 Å². The Labute approximate surface area is 400 Å². The maximum Gasteiger partial charge on any atom is 0.164 e. The molecule has 3 aliphatic rings. The monoisotopic (exact) mass is 881 g/mol. The van der Waals surface area contributed by atoms with E-state index in [4.69, 9.17) is 15.0 Å². The Hall–Kier alpha value is -8.93. The molecule has 5 heteroatoms. The molecule has 2 aliphatic carbocycles. The summed E-state index contributed by atoms with van der Waals surface area (Å²) in [5.74, 6) is 2.15. The zero-order valence-electron chi connectivity index (χ0n) is 37.6.